The van der Waals surface area contributed by atoms with Crippen LogP contribution in [0.4, 0.5) is 4.53 Å². The van der Waals surface area contributed by atoms with Gasteiger partial charge in [0.25, 0.3) is 0 Å². The molecule has 0 spiro atoms. The highest BCUT2D eigenvalue weighted by atomic mass is 19.3. The molecule has 0 aromatic carbocycles. The fraction of sp³-hybridized carbons (Fsp3) is 1.00. The van der Waals surface area contributed by atoms with Gasteiger partial charge >= 0.3 is 0 Å². The number of halogens is 1. The summed E-state index contributed by atoms with van der Waals surface area (Å²) in [4.78, 5) is 3.36. The van der Waals surface area contributed by atoms with Gasteiger partial charge in [-0.05, 0) is 11.4 Å². The molecule has 0 bridgehead atoms. The van der Waals surface area contributed by atoms with E-state index in [0.717, 1.165) is 0 Å². The molecule has 0 aliphatic rings. The molecule has 10 heavy (non-hydrogen) atoms. The number of rotatable bonds is 6. The summed E-state index contributed by atoms with van der Waals surface area (Å²) in [7, 11) is 1.51. The molecule has 62 valence electrons. The third-order valence-corrected chi connectivity index (χ3v) is 1.05. The fourth-order valence-electron chi connectivity index (χ4n) is 0.596. The van der Waals surface area contributed by atoms with Gasteiger partial charge in [-0.3, -0.25) is 0 Å². The molecule has 0 heterocycles. The van der Waals surface area contributed by atoms with Crippen molar-refractivity contribution in [3.8, 4) is 0 Å². The average molecular weight is 152 g/mol. The first-order valence-corrected chi connectivity index (χ1v) is 3.23. The topological polar surface area (TPSA) is 27.7 Å². The Balaban J connectivity index is 3.21. The molecule has 0 amide bonds. The van der Waals surface area contributed by atoms with E-state index in [-0.39, 0.29) is 12.9 Å². The van der Waals surface area contributed by atoms with Crippen LogP contribution in [-0.2, 0) is 14.4 Å². The lowest BCUT2D eigenvalue weighted by Crippen LogP contribution is -2.16. The molecule has 0 saturated heterocycles. The normalized spacial score (nSPS) is 13.5. The van der Waals surface area contributed by atoms with Crippen molar-refractivity contribution in [2.75, 3.05) is 20.3 Å². The minimum absolute atomic E-state index is 0.0124. The lowest BCUT2D eigenvalue weighted by atomic mass is 10.4. The maximum atomic E-state index is 11.1. The largest absolute Gasteiger partial charge is 0.356 e. The van der Waals surface area contributed by atoms with Crippen molar-refractivity contribution in [2.24, 2.45) is 0 Å². The zero-order valence-corrected chi connectivity index (χ0v) is 6.30. The van der Waals surface area contributed by atoms with Gasteiger partial charge in [-0.25, -0.2) is 0 Å². The summed E-state index contributed by atoms with van der Waals surface area (Å²) < 4.78 is 21.0. The highest BCUT2D eigenvalue weighted by Crippen LogP contribution is 1.99. The summed E-state index contributed by atoms with van der Waals surface area (Å²) in [6, 6.07) is 0. The third-order valence-electron chi connectivity index (χ3n) is 1.05. The molecule has 0 radical (unpaired) electrons. The molecular weight excluding hydrogens is 139 g/mol. The molecule has 0 saturated carbocycles. The first-order chi connectivity index (χ1) is 4.85. The molecule has 0 N–H and O–H groups in total. The zero-order valence-electron chi connectivity index (χ0n) is 6.30. The van der Waals surface area contributed by atoms with Crippen LogP contribution >= 0.6 is 0 Å². The Labute approximate surface area is 60.0 Å². The second-order valence-corrected chi connectivity index (χ2v) is 1.72. The van der Waals surface area contributed by atoms with Crippen molar-refractivity contribution in [1.82, 2.24) is 0 Å². The summed E-state index contributed by atoms with van der Waals surface area (Å²) in [5, 5.41) is 0. The summed E-state index contributed by atoms with van der Waals surface area (Å²) in [6.45, 7) is 2.42. The second-order valence-electron chi connectivity index (χ2n) is 1.72. The minimum atomic E-state index is -0.347. The second kappa shape index (κ2) is 6.92. The van der Waals surface area contributed by atoms with Crippen molar-refractivity contribution in [1.29, 1.82) is 0 Å². The molecule has 3 nitrogen and oxygen atoms in total. The van der Waals surface area contributed by atoms with Gasteiger partial charge in [0, 0.05) is 20.1 Å². The number of methoxy groups -OCH3 is 1. The van der Waals surface area contributed by atoms with Crippen LogP contribution in [0.25, 0.3) is 0 Å². The summed E-state index contributed by atoms with van der Waals surface area (Å²) in [5.74, 6) is 0. The predicted molar refractivity (Wildman–Crippen MR) is 34.1 cm³/mol. The summed E-state index contributed by atoms with van der Waals surface area (Å²) in [5.41, 5.74) is 0. The van der Waals surface area contributed by atoms with Gasteiger partial charge < -0.3 is 9.47 Å². The standard InChI is InChI=1S/C6H13FO3/c1-3-9-6(8-2)4-5-10-7/h6H,3-5H2,1-2H3. The van der Waals surface area contributed by atoms with E-state index < -0.39 is 0 Å². The van der Waals surface area contributed by atoms with Crippen LogP contribution in [0.2, 0.25) is 0 Å². The third kappa shape index (κ3) is 4.67. The van der Waals surface area contributed by atoms with E-state index in [9.17, 15) is 4.53 Å². The Bertz CT molecular complexity index is 70.0. The van der Waals surface area contributed by atoms with Crippen LogP contribution in [0.5, 0.6) is 0 Å². The maximum absolute atomic E-state index is 11.1. The van der Waals surface area contributed by atoms with Crippen LogP contribution in [0, 0.1) is 0 Å². The van der Waals surface area contributed by atoms with Crippen LogP contribution in [0.3, 0.4) is 0 Å². The molecule has 0 aliphatic heterocycles. The molecule has 1 unspecified atom stereocenters. The van der Waals surface area contributed by atoms with Gasteiger partial charge in [0.1, 0.15) is 0 Å². The Hall–Kier alpha value is -0.190. The predicted octanol–water partition coefficient (Wildman–Crippen LogP) is 1.29. The quantitative estimate of drug-likeness (QED) is 0.537. The van der Waals surface area contributed by atoms with Crippen LogP contribution < -0.4 is 0 Å². The van der Waals surface area contributed by atoms with Crippen molar-refractivity contribution >= 4 is 0 Å². The van der Waals surface area contributed by atoms with Gasteiger partial charge in [0.05, 0.1) is 6.61 Å². The van der Waals surface area contributed by atoms with E-state index in [0.29, 0.717) is 13.0 Å². The Morgan fingerprint density at radius 1 is 1.50 bits per heavy atom. The average Bonchev–Trinajstić information content (AvgIpc) is 1.98. The summed E-state index contributed by atoms with van der Waals surface area (Å²) >= 11 is 0. The molecule has 4 heteroatoms. The van der Waals surface area contributed by atoms with E-state index in [1.807, 2.05) is 6.92 Å². The van der Waals surface area contributed by atoms with E-state index in [1.165, 1.54) is 7.11 Å². The Morgan fingerprint density at radius 3 is 2.60 bits per heavy atom. The van der Waals surface area contributed by atoms with Crippen LogP contribution in [0.1, 0.15) is 13.3 Å². The van der Waals surface area contributed by atoms with Crippen molar-refractivity contribution in [2.45, 2.75) is 19.6 Å². The van der Waals surface area contributed by atoms with E-state index >= 15 is 0 Å². The van der Waals surface area contributed by atoms with Gasteiger partial charge in [-0.15, -0.1) is 0 Å². The number of ether oxygens (including phenoxy) is 2. The molecule has 0 aromatic heterocycles. The lowest BCUT2D eigenvalue weighted by Gasteiger charge is -2.12. The zero-order chi connectivity index (χ0) is 7.82. The Kier molecular flexibility index (Phi) is 6.79. The Morgan fingerprint density at radius 2 is 2.20 bits per heavy atom. The fourth-order valence-corrected chi connectivity index (χ4v) is 0.596. The molecular formula is C6H13FO3. The highest BCUT2D eigenvalue weighted by Gasteiger charge is 2.04. The lowest BCUT2D eigenvalue weighted by molar-refractivity contribution is -0.174. The smallest absolute Gasteiger partial charge is 0.159 e. The van der Waals surface area contributed by atoms with Crippen LogP contribution in [0.15, 0.2) is 0 Å². The SMILES string of the molecule is CCOC(CCOF)OC. The van der Waals surface area contributed by atoms with E-state index in [4.69, 9.17) is 9.47 Å². The highest BCUT2D eigenvalue weighted by molar-refractivity contribution is 4.40. The summed E-state index contributed by atoms with van der Waals surface area (Å²) in [6.07, 6.45) is 0.0710. The number of hydrogen-bond donors (Lipinski definition) is 0. The van der Waals surface area contributed by atoms with Gasteiger partial charge in [0.15, 0.2) is 6.29 Å². The molecule has 1 atom stereocenters. The number of hydrogen-bond acceptors (Lipinski definition) is 3. The van der Waals surface area contributed by atoms with Crippen molar-refractivity contribution in [3.63, 3.8) is 0 Å². The first kappa shape index (κ1) is 9.81. The van der Waals surface area contributed by atoms with Gasteiger partial charge in [-0.1, -0.05) is 0 Å². The molecule has 0 fully saturated rings. The molecule has 0 rings (SSSR count). The van der Waals surface area contributed by atoms with Gasteiger partial charge in [0.2, 0.25) is 0 Å². The molecule has 0 aliphatic carbocycles. The maximum Gasteiger partial charge on any atom is 0.159 e. The van der Waals surface area contributed by atoms with Gasteiger partial charge in [-0.2, -0.15) is 4.94 Å². The molecule has 0 aromatic rings. The van der Waals surface area contributed by atoms with Crippen molar-refractivity contribution < 1.29 is 18.9 Å². The minimum Gasteiger partial charge on any atom is -0.356 e. The van der Waals surface area contributed by atoms with Crippen LogP contribution in [-0.4, -0.2) is 26.6 Å². The monoisotopic (exact) mass is 152 g/mol. The first-order valence-electron chi connectivity index (χ1n) is 3.23. The van der Waals surface area contributed by atoms with E-state index in [1.54, 1.807) is 0 Å². The van der Waals surface area contributed by atoms with Crippen molar-refractivity contribution in [3.05, 3.63) is 0 Å². The van der Waals surface area contributed by atoms with E-state index in [2.05, 4.69) is 4.94 Å².